The van der Waals surface area contributed by atoms with Crippen LogP contribution in [0.15, 0.2) is 47.0 Å². The molecule has 2 N–H and O–H groups in total. The van der Waals surface area contributed by atoms with E-state index < -0.39 is 11.5 Å². The molecule has 0 unspecified atom stereocenters. The maximum absolute atomic E-state index is 13.7. The number of carbonyl (C=O) groups excluding carboxylic acids is 3. The molecule has 0 saturated carbocycles. The van der Waals surface area contributed by atoms with Crippen LogP contribution in [0.4, 0.5) is 0 Å². The van der Waals surface area contributed by atoms with E-state index in [4.69, 9.17) is 9.26 Å². The van der Waals surface area contributed by atoms with Gasteiger partial charge in [-0.15, -0.1) is 0 Å². The van der Waals surface area contributed by atoms with Gasteiger partial charge in [0.05, 0.1) is 17.5 Å². The average molecular weight is 549 g/mol. The lowest BCUT2D eigenvalue weighted by molar-refractivity contribution is -0.140. The number of allylic oxidation sites excluding steroid dienone is 2. The Morgan fingerprint density at radius 3 is 2.60 bits per heavy atom. The Bertz CT molecular complexity index is 1210. The number of nitrogens with one attached hydrogen (secondary N) is 2. The number of benzene rings is 1. The highest BCUT2D eigenvalue weighted by atomic mass is 16.5. The first kappa shape index (κ1) is 28.1. The molecule has 0 bridgehead atoms. The van der Waals surface area contributed by atoms with Crippen molar-refractivity contribution in [2.75, 3.05) is 26.3 Å². The Balaban J connectivity index is 1.36. The minimum absolute atomic E-state index is 0.0460. The van der Waals surface area contributed by atoms with Crippen LogP contribution in [0.5, 0.6) is 0 Å². The highest BCUT2D eigenvalue weighted by molar-refractivity contribution is 5.90. The van der Waals surface area contributed by atoms with Crippen LogP contribution in [0.3, 0.4) is 0 Å². The van der Waals surface area contributed by atoms with Crippen molar-refractivity contribution in [3.05, 3.63) is 65.1 Å². The number of fused-ring (bicyclic) bond motifs is 1. The van der Waals surface area contributed by atoms with Crippen LogP contribution in [-0.4, -0.2) is 66.2 Å². The van der Waals surface area contributed by atoms with Gasteiger partial charge in [0.1, 0.15) is 11.8 Å². The normalized spacial score (nSPS) is 26.1. The lowest BCUT2D eigenvalue weighted by atomic mass is 9.75. The number of aryl methyl sites for hydroxylation is 2. The van der Waals surface area contributed by atoms with Crippen molar-refractivity contribution in [3.63, 3.8) is 0 Å². The molecule has 0 radical (unpaired) electrons. The number of hydrogen-bond acceptors (Lipinski definition) is 6. The van der Waals surface area contributed by atoms with Gasteiger partial charge in [-0.05, 0) is 51.5 Å². The summed E-state index contributed by atoms with van der Waals surface area (Å²) in [4.78, 5) is 42.6. The maximum Gasteiger partial charge on any atom is 0.243 e. The number of amides is 3. The fraction of sp³-hybridized carbons (Fsp3) is 0.548. The van der Waals surface area contributed by atoms with Gasteiger partial charge in [-0.1, -0.05) is 47.6 Å². The van der Waals surface area contributed by atoms with Crippen molar-refractivity contribution in [3.8, 4) is 0 Å². The summed E-state index contributed by atoms with van der Waals surface area (Å²) in [5.41, 5.74) is 1.99. The maximum atomic E-state index is 13.7. The summed E-state index contributed by atoms with van der Waals surface area (Å²) in [6.07, 6.45) is 8.15. The van der Waals surface area contributed by atoms with Gasteiger partial charge < -0.3 is 24.8 Å². The Hall–Kier alpha value is -3.46. The van der Waals surface area contributed by atoms with Crippen LogP contribution >= 0.6 is 0 Å². The average Bonchev–Trinajstić information content (AvgIpc) is 3.28. The molecule has 2 aromatic rings. The van der Waals surface area contributed by atoms with Gasteiger partial charge in [0.15, 0.2) is 0 Å². The predicted molar refractivity (Wildman–Crippen MR) is 149 cm³/mol. The number of hydrogen-bond donors (Lipinski definition) is 2. The number of likely N-dealkylation sites (tertiary alicyclic amines) is 1. The van der Waals surface area contributed by atoms with Gasteiger partial charge in [-0.2, -0.15) is 0 Å². The van der Waals surface area contributed by atoms with E-state index in [0.717, 1.165) is 23.2 Å². The molecule has 3 aliphatic heterocycles. The molecule has 3 atom stereocenters. The summed E-state index contributed by atoms with van der Waals surface area (Å²) in [7, 11) is 0. The molecule has 214 valence electrons. The summed E-state index contributed by atoms with van der Waals surface area (Å²) < 4.78 is 10.8. The van der Waals surface area contributed by atoms with Gasteiger partial charge in [-0.25, -0.2) is 0 Å². The first-order valence-corrected chi connectivity index (χ1v) is 14.4. The number of ether oxygens (including phenoxy) is 1. The number of carbonyl (C=O) groups is 3. The Labute approximate surface area is 235 Å². The summed E-state index contributed by atoms with van der Waals surface area (Å²) in [6.45, 7) is 5.87. The van der Waals surface area contributed by atoms with Gasteiger partial charge >= 0.3 is 0 Å². The molecule has 1 aromatic carbocycles. The highest BCUT2D eigenvalue weighted by Crippen LogP contribution is 2.36. The van der Waals surface area contributed by atoms with Crippen LogP contribution in [0, 0.1) is 25.2 Å². The van der Waals surface area contributed by atoms with Crippen molar-refractivity contribution >= 4 is 17.7 Å². The Morgan fingerprint density at radius 1 is 1.10 bits per heavy atom. The van der Waals surface area contributed by atoms with E-state index in [2.05, 4.69) is 27.9 Å². The second kappa shape index (κ2) is 12.4. The molecule has 2 saturated heterocycles. The predicted octanol–water partition coefficient (Wildman–Crippen LogP) is 3.04. The molecule has 40 heavy (non-hydrogen) atoms. The lowest BCUT2D eigenvalue weighted by Gasteiger charge is -2.40. The Kier molecular flexibility index (Phi) is 8.69. The lowest BCUT2D eigenvalue weighted by Crippen LogP contribution is -2.58. The summed E-state index contributed by atoms with van der Waals surface area (Å²) in [5, 5.41) is 10.4. The van der Waals surface area contributed by atoms with Crippen LogP contribution < -0.4 is 10.6 Å². The monoisotopic (exact) mass is 548 g/mol. The third kappa shape index (κ3) is 6.30. The molecule has 4 heterocycles. The Morgan fingerprint density at radius 2 is 1.88 bits per heavy atom. The zero-order chi connectivity index (χ0) is 28.1. The minimum Gasteiger partial charge on any atom is -0.381 e. The van der Waals surface area contributed by atoms with Crippen molar-refractivity contribution in [1.29, 1.82) is 0 Å². The largest absolute Gasteiger partial charge is 0.381 e. The molecule has 3 amide bonds. The fourth-order valence-electron chi connectivity index (χ4n) is 6.22. The van der Waals surface area contributed by atoms with E-state index >= 15 is 0 Å². The van der Waals surface area contributed by atoms with Crippen molar-refractivity contribution in [2.24, 2.45) is 11.3 Å². The molecule has 9 nitrogen and oxygen atoms in total. The molecular weight excluding hydrogens is 508 g/mol. The fourth-order valence-corrected chi connectivity index (χ4v) is 6.22. The van der Waals surface area contributed by atoms with Crippen molar-refractivity contribution in [2.45, 2.75) is 70.9 Å². The van der Waals surface area contributed by atoms with E-state index in [9.17, 15) is 14.4 Å². The van der Waals surface area contributed by atoms with Crippen LogP contribution in [0.2, 0.25) is 0 Å². The molecule has 1 spiro atoms. The summed E-state index contributed by atoms with van der Waals surface area (Å²) in [6, 6.07) is 9.02. The topological polar surface area (TPSA) is 114 Å². The van der Waals surface area contributed by atoms with E-state index in [-0.39, 0.29) is 36.1 Å². The molecule has 1 aromatic heterocycles. The van der Waals surface area contributed by atoms with Gasteiger partial charge in [0, 0.05) is 50.2 Å². The number of piperidine rings is 1. The highest BCUT2D eigenvalue weighted by Gasteiger charge is 2.41. The van der Waals surface area contributed by atoms with Gasteiger partial charge in [-0.3, -0.25) is 14.4 Å². The number of nitrogens with zero attached hydrogens (tertiary/aromatic N) is 2. The van der Waals surface area contributed by atoms with E-state index in [1.165, 1.54) is 0 Å². The summed E-state index contributed by atoms with van der Waals surface area (Å²) >= 11 is 0. The summed E-state index contributed by atoms with van der Waals surface area (Å²) in [5.74, 6) is 0.545. The van der Waals surface area contributed by atoms with Crippen LogP contribution in [0.1, 0.15) is 54.7 Å². The molecule has 3 aliphatic rings. The van der Waals surface area contributed by atoms with E-state index in [1.807, 2.05) is 49.1 Å². The quantitative estimate of drug-likeness (QED) is 0.568. The first-order valence-electron chi connectivity index (χ1n) is 14.4. The third-order valence-corrected chi connectivity index (χ3v) is 8.87. The van der Waals surface area contributed by atoms with E-state index in [0.29, 0.717) is 64.2 Å². The number of rotatable bonds is 4. The molecular formula is C31H40N4O5. The van der Waals surface area contributed by atoms with Crippen molar-refractivity contribution in [1.82, 2.24) is 20.7 Å². The van der Waals surface area contributed by atoms with Gasteiger partial charge in [0.25, 0.3) is 0 Å². The van der Waals surface area contributed by atoms with Gasteiger partial charge in [0.2, 0.25) is 17.7 Å². The first-order chi connectivity index (χ1) is 19.3. The van der Waals surface area contributed by atoms with Crippen molar-refractivity contribution < 1.29 is 23.6 Å². The minimum atomic E-state index is -0.683. The van der Waals surface area contributed by atoms with Crippen LogP contribution in [-0.2, 0) is 32.0 Å². The SMILES string of the molecule is Cc1noc(C)c1CC(=O)N1CC[C@@H]2NC(=O)[C@@H](Cc3ccccc3)NC(=O)C3(C/C=C/C[C@@H]2C1)CCOCC3. The zero-order valence-electron chi connectivity index (χ0n) is 23.5. The molecule has 5 rings (SSSR count). The molecule has 0 aliphatic carbocycles. The van der Waals surface area contributed by atoms with Crippen LogP contribution in [0.25, 0.3) is 0 Å². The molecule has 9 heteroatoms. The molecule has 2 fully saturated rings. The van der Waals surface area contributed by atoms with E-state index in [1.54, 1.807) is 0 Å². The zero-order valence-corrected chi connectivity index (χ0v) is 23.5. The smallest absolute Gasteiger partial charge is 0.243 e. The second-order valence-electron chi connectivity index (χ2n) is 11.5. The standard InChI is InChI=1S/C31H40N4O5/c1-21-25(22(2)40-34-21)19-28(36)35-15-11-26-24(20-35)10-6-7-12-31(13-16-39-17-14-31)30(38)33-27(29(37)32-26)18-23-8-4-3-5-9-23/h3-9,24,26-27H,10-20H2,1-2H3,(H,32,37)(H,33,38)/b7-6+/t24-,26+,27-/m1/s1. The second-order valence-corrected chi connectivity index (χ2v) is 11.5. The number of aromatic nitrogens is 1. The third-order valence-electron chi connectivity index (χ3n) is 8.87.